The molecule has 2 aliphatic rings. The van der Waals surface area contributed by atoms with Gasteiger partial charge in [0.15, 0.2) is 5.76 Å². The largest absolute Gasteiger partial charge is 0.454 e. The van der Waals surface area contributed by atoms with Crippen LogP contribution in [0.3, 0.4) is 0 Å². The lowest BCUT2D eigenvalue weighted by atomic mass is 9.92. The van der Waals surface area contributed by atoms with E-state index in [0.717, 1.165) is 12.8 Å². The molecule has 0 bridgehead atoms. The second-order valence-corrected chi connectivity index (χ2v) is 6.74. The summed E-state index contributed by atoms with van der Waals surface area (Å²) in [7, 11) is 1.72. The number of amides is 2. The van der Waals surface area contributed by atoms with Crippen LogP contribution in [0.2, 0.25) is 0 Å². The molecule has 0 N–H and O–H groups in total. The summed E-state index contributed by atoms with van der Waals surface area (Å²) < 4.78 is 13.1. The fourth-order valence-electron chi connectivity index (χ4n) is 3.57. The molecule has 25 heavy (non-hydrogen) atoms. The molecule has 1 spiro atoms. The van der Waals surface area contributed by atoms with Crippen LogP contribution >= 0.6 is 0 Å². The number of hydrogen-bond donors (Lipinski definition) is 0. The molecule has 0 radical (unpaired) electrons. The van der Waals surface area contributed by atoms with Gasteiger partial charge in [0.1, 0.15) is 11.4 Å². The second-order valence-electron chi connectivity index (χ2n) is 6.74. The maximum atomic E-state index is 12.8. The minimum Gasteiger partial charge on any atom is -0.454 e. The number of carbonyl (C=O) groups excluding carboxylic acids is 2. The summed E-state index contributed by atoms with van der Waals surface area (Å²) in [6.45, 7) is 2.08. The van der Waals surface area contributed by atoms with Crippen molar-refractivity contribution in [1.29, 1.82) is 0 Å². The van der Waals surface area contributed by atoms with Gasteiger partial charge in [0.2, 0.25) is 0 Å². The fourth-order valence-corrected chi connectivity index (χ4v) is 3.57. The number of furan rings is 1. The molecule has 0 saturated carbocycles. The number of ether oxygens (including phenoxy) is 1. The summed E-state index contributed by atoms with van der Waals surface area (Å²) in [5, 5.41) is 0. The maximum absolute atomic E-state index is 12.8. The molecule has 8 heteroatoms. The zero-order chi connectivity index (χ0) is 17.4. The molecule has 2 aromatic heterocycles. The third-order valence-electron chi connectivity index (χ3n) is 4.74. The molecule has 2 fully saturated rings. The van der Waals surface area contributed by atoms with Gasteiger partial charge in [-0.15, -0.1) is 0 Å². The predicted octanol–water partition coefficient (Wildman–Crippen LogP) is 1.58. The van der Waals surface area contributed by atoms with Gasteiger partial charge >= 0.3 is 6.09 Å². The average molecular weight is 344 g/mol. The Morgan fingerprint density at radius 2 is 2.24 bits per heavy atom. The highest BCUT2D eigenvalue weighted by molar-refractivity contribution is 5.91. The topological polar surface area (TPSA) is 80.8 Å². The van der Waals surface area contributed by atoms with Crippen molar-refractivity contribution in [3.63, 3.8) is 0 Å². The summed E-state index contributed by atoms with van der Waals surface area (Å²) in [5.74, 6) is 0.839. The van der Waals surface area contributed by atoms with Gasteiger partial charge in [-0.05, 0) is 25.0 Å². The summed E-state index contributed by atoms with van der Waals surface area (Å²) >= 11 is 0. The Morgan fingerprint density at radius 3 is 2.96 bits per heavy atom. The Kier molecular flexibility index (Phi) is 3.74. The molecular weight excluding hydrogens is 324 g/mol. The van der Waals surface area contributed by atoms with Crippen LogP contribution in [0.5, 0.6) is 0 Å². The number of piperidine rings is 1. The molecule has 4 rings (SSSR count). The van der Waals surface area contributed by atoms with E-state index < -0.39 is 5.60 Å². The normalized spacial score (nSPS) is 23.3. The second kappa shape index (κ2) is 5.94. The van der Waals surface area contributed by atoms with E-state index >= 15 is 0 Å². The highest BCUT2D eigenvalue weighted by Crippen LogP contribution is 2.32. The number of rotatable bonds is 3. The van der Waals surface area contributed by atoms with Gasteiger partial charge in [0, 0.05) is 26.0 Å². The van der Waals surface area contributed by atoms with Crippen LogP contribution < -0.4 is 0 Å². The van der Waals surface area contributed by atoms with E-state index in [1.165, 1.54) is 0 Å². The Bertz CT molecular complexity index is 784. The minimum absolute atomic E-state index is 0.165. The standard InChI is InChI=1S/C17H20N4O4/c1-19-10-17(25-16(19)23)5-2-7-21(11-17)15(22)14-4-3-13(24-14)9-20-8-6-18-12-20/h3-4,6,8,12H,2,5,7,9-11H2,1H3/t17-/m1/s1. The van der Waals surface area contributed by atoms with E-state index in [-0.39, 0.29) is 12.0 Å². The highest BCUT2D eigenvalue weighted by atomic mass is 16.6. The molecule has 2 saturated heterocycles. The van der Waals surface area contributed by atoms with Gasteiger partial charge in [-0.3, -0.25) is 4.79 Å². The van der Waals surface area contributed by atoms with Crippen molar-refractivity contribution in [2.45, 2.75) is 25.0 Å². The number of aromatic nitrogens is 2. The molecule has 2 amide bonds. The van der Waals surface area contributed by atoms with Gasteiger partial charge in [0.05, 0.1) is 26.0 Å². The molecule has 2 aliphatic heterocycles. The van der Waals surface area contributed by atoms with E-state index in [2.05, 4.69) is 4.98 Å². The Hall–Kier alpha value is -2.77. The molecule has 0 aromatic carbocycles. The number of imidazole rings is 1. The molecule has 0 aliphatic carbocycles. The van der Waals surface area contributed by atoms with E-state index in [1.54, 1.807) is 41.5 Å². The monoisotopic (exact) mass is 344 g/mol. The van der Waals surface area contributed by atoms with Crippen LogP contribution in [-0.2, 0) is 11.3 Å². The van der Waals surface area contributed by atoms with Gasteiger partial charge in [-0.1, -0.05) is 0 Å². The van der Waals surface area contributed by atoms with Crippen LogP contribution in [0.1, 0.15) is 29.2 Å². The number of likely N-dealkylation sites (tertiary alicyclic amines) is 1. The number of carbonyl (C=O) groups is 2. The zero-order valence-corrected chi connectivity index (χ0v) is 14.1. The van der Waals surface area contributed by atoms with Gasteiger partial charge in [-0.2, -0.15) is 0 Å². The van der Waals surface area contributed by atoms with Crippen LogP contribution in [-0.4, -0.2) is 63.6 Å². The summed E-state index contributed by atoms with van der Waals surface area (Å²) in [5.41, 5.74) is -0.591. The first kappa shape index (κ1) is 15.7. The zero-order valence-electron chi connectivity index (χ0n) is 14.1. The molecule has 8 nitrogen and oxygen atoms in total. The number of hydrogen-bond acceptors (Lipinski definition) is 5. The Morgan fingerprint density at radius 1 is 1.36 bits per heavy atom. The summed E-state index contributed by atoms with van der Waals surface area (Å²) in [4.78, 5) is 31.8. The van der Waals surface area contributed by atoms with E-state index in [4.69, 9.17) is 9.15 Å². The van der Waals surface area contributed by atoms with Crippen molar-refractivity contribution >= 4 is 12.0 Å². The van der Waals surface area contributed by atoms with Gasteiger partial charge in [-0.25, -0.2) is 9.78 Å². The van der Waals surface area contributed by atoms with Crippen LogP contribution in [0, 0.1) is 0 Å². The van der Waals surface area contributed by atoms with E-state index in [1.807, 2.05) is 10.8 Å². The van der Waals surface area contributed by atoms with Gasteiger partial charge in [0.25, 0.3) is 5.91 Å². The van der Waals surface area contributed by atoms with Crippen LogP contribution in [0.15, 0.2) is 35.3 Å². The SMILES string of the molecule is CN1C[C@@]2(CCCN(C(=O)c3ccc(Cn4ccnc4)o3)C2)OC1=O. The van der Waals surface area contributed by atoms with Crippen molar-refractivity contribution in [1.82, 2.24) is 19.4 Å². The van der Waals surface area contributed by atoms with Crippen molar-refractivity contribution in [2.75, 3.05) is 26.7 Å². The first-order valence-corrected chi connectivity index (χ1v) is 8.33. The fraction of sp³-hybridized carbons (Fsp3) is 0.471. The first-order valence-electron chi connectivity index (χ1n) is 8.33. The van der Waals surface area contributed by atoms with E-state index in [9.17, 15) is 9.59 Å². The highest BCUT2D eigenvalue weighted by Gasteiger charge is 2.47. The average Bonchev–Trinajstić information content (AvgIpc) is 3.31. The summed E-state index contributed by atoms with van der Waals surface area (Å²) in [6, 6.07) is 3.50. The van der Waals surface area contributed by atoms with E-state index in [0.29, 0.717) is 37.7 Å². The number of nitrogens with zero attached hydrogens (tertiary/aromatic N) is 4. The lowest BCUT2D eigenvalue weighted by Gasteiger charge is -2.37. The maximum Gasteiger partial charge on any atom is 0.410 e. The Labute approximate surface area is 145 Å². The minimum atomic E-state index is -0.591. The molecule has 1 atom stereocenters. The van der Waals surface area contributed by atoms with Gasteiger partial charge < -0.3 is 23.5 Å². The van der Waals surface area contributed by atoms with Crippen molar-refractivity contribution < 1.29 is 18.7 Å². The van der Waals surface area contributed by atoms with Crippen molar-refractivity contribution in [3.05, 3.63) is 42.4 Å². The van der Waals surface area contributed by atoms with Crippen LogP contribution in [0.4, 0.5) is 4.79 Å². The molecule has 4 heterocycles. The van der Waals surface area contributed by atoms with Crippen LogP contribution in [0.25, 0.3) is 0 Å². The predicted molar refractivity (Wildman–Crippen MR) is 87.0 cm³/mol. The third-order valence-corrected chi connectivity index (χ3v) is 4.74. The summed E-state index contributed by atoms with van der Waals surface area (Å²) in [6.07, 6.45) is 6.48. The third kappa shape index (κ3) is 2.99. The van der Waals surface area contributed by atoms with Crippen molar-refractivity contribution in [2.24, 2.45) is 0 Å². The quantitative estimate of drug-likeness (QED) is 0.844. The van der Waals surface area contributed by atoms with Crippen molar-refractivity contribution in [3.8, 4) is 0 Å². The Balaban J connectivity index is 1.46. The first-order chi connectivity index (χ1) is 12.0. The molecule has 132 valence electrons. The molecule has 2 aromatic rings. The smallest absolute Gasteiger partial charge is 0.410 e. The molecular formula is C17H20N4O4. The number of likely N-dealkylation sites (N-methyl/N-ethyl adjacent to an activating group) is 1. The lowest BCUT2D eigenvalue weighted by molar-refractivity contribution is -0.00625. The lowest BCUT2D eigenvalue weighted by Crippen LogP contribution is -2.52. The molecule has 0 unspecified atom stereocenters.